The number of rotatable bonds is 5. The molecule has 3 aromatic rings. The van der Waals surface area contributed by atoms with Gasteiger partial charge in [0.1, 0.15) is 17.7 Å². The molecule has 0 amide bonds. The van der Waals surface area contributed by atoms with E-state index < -0.39 is 0 Å². The van der Waals surface area contributed by atoms with Gasteiger partial charge >= 0.3 is 0 Å². The Hall–Kier alpha value is -3.68. The third-order valence-corrected chi connectivity index (χ3v) is 9.26. The second-order valence-corrected chi connectivity index (χ2v) is 11.6. The van der Waals surface area contributed by atoms with E-state index in [2.05, 4.69) is 99.9 Å². The first-order chi connectivity index (χ1) is 19.0. The molecule has 1 unspecified atom stereocenters. The quantitative estimate of drug-likeness (QED) is 0.519. The molecule has 7 nitrogen and oxygen atoms in total. The minimum Gasteiger partial charge on any atom is -0.382 e. The molecule has 2 fully saturated rings. The number of aromatic nitrogens is 1. The average Bonchev–Trinajstić information content (AvgIpc) is 3.33. The number of benzene rings is 2. The number of likely N-dealkylation sites (tertiary alicyclic amines) is 1. The van der Waals surface area contributed by atoms with E-state index in [0.29, 0.717) is 23.8 Å². The summed E-state index contributed by atoms with van der Waals surface area (Å²) in [6.45, 7) is 2.41. The zero-order valence-electron chi connectivity index (χ0n) is 22.8. The summed E-state index contributed by atoms with van der Waals surface area (Å²) in [5.74, 6) is 1.11. The lowest BCUT2D eigenvalue weighted by Gasteiger charge is -2.49. The van der Waals surface area contributed by atoms with Gasteiger partial charge in [0.2, 0.25) is 0 Å². The lowest BCUT2D eigenvalue weighted by atomic mass is 9.76. The molecule has 2 aromatic carbocycles. The third-order valence-electron chi connectivity index (χ3n) is 9.26. The molecule has 4 aliphatic rings. The van der Waals surface area contributed by atoms with Crippen molar-refractivity contribution < 1.29 is 0 Å². The summed E-state index contributed by atoms with van der Waals surface area (Å²) in [7, 11) is 4.57. The monoisotopic (exact) mass is 519 g/mol. The highest BCUT2D eigenvalue weighted by molar-refractivity contribution is 6.05. The molecule has 3 aliphatic heterocycles. The van der Waals surface area contributed by atoms with Crippen molar-refractivity contribution in [3.63, 3.8) is 0 Å². The first-order valence-electron chi connectivity index (χ1n) is 14.2. The van der Waals surface area contributed by atoms with E-state index in [0.717, 1.165) is 39.1 Å². The zero-order valence-corrected chi connectivity index (χ0v) is 22.8. The summed E-state index contributed by atoms with van der Waals surface area (Å²) in [6, 6.07) is 22.5. The Kier molecular flexibility index (Phi) is 6.13. The van der Waals surface area contributed by atoms with Gasteiger partial charge < -0.3 is 25.8 Å². The fourth-order valence-electron chi connectivity index (χ4n) is 6.76. The van der Waals surface area contributed by atoms with Gasteiger partial charge in [0.15, 0.2) is 0 Å². The van der Waals surface area contributed by atoms with Gasteiger partial charge in [-0.3, -0.25) is 0 Å². The van der Waals surface area contributed by atoms with E-state index in [-0.39, 0.29) is 6.17 Å². The van der Waals surface area contributed by atoms with Gasteiger partial charge in [-0.15, -0.1) is 0 Å². The van der Waals surface area contributed by atoms with E-state index in [1.165, 1.54) is 38.8 Å². The van der Waals surface area contributed by atoms with Crippen molar-refractivity contribution in [1.29, 1.82) is 0 Å². The van der Waals surface area contributed by atoms with Gasteiger partial charge in [0, 0.05) is 46.9 Å². The van der Waals surface area contributed by atoms with E-state index in [9.17, 15) is 0 Å². The number of piperidine rings is 1. The molecule has 0 spiro atoms. The maximum atomic E-state index is 6.50. The Balaban J connectivity index is 1.13. The fourth-order valence-corrected chi connectivity index (χ4v) is 6.76. The van der Waals surface area contributed by atoms with Crippen LogP contribution in [0.1, 0.15) is 31.2 Å². The number of nitrogens with two attached hydrogens (primary N) is 1. The van der Waals surface area contributed by atoms with E-state index in [4.69, 9.17) is 10.7 Å². The van der Waals surface area contributed by atoms with Crippen molar-refractivity contribution in [1.82, 2.24) is 25.0 Å². The van der Waals surface area contributed by atoms with Crippen molar-refractivity contribution in [3.8, 4) is 11.3 Å². The van der Waals surface area contributed by atoms with Crippen LogP contribution in [-0.2, 0) is 0 Å². The molecule has 1 atom stereocenters. The molecule has 1 saturated heterocycles. The maximum Gasteiger partial charge on any atom is 0.149 e. The molecule has 1 aromatic heterocycles. The lowest BCUT2D eigenvalue weighted by molar-refractivity contribution is 0.0140. The van der Waals surface area contributed by atoms with E-state index >= 15 is 0 Å². The molecule has 7 heteroatoms. The van der Waals surface area contributed by atoms with Crippen LogP contribution in [0.5, 0.6) is 0 Å². The Morgan fingerprint density at radius 2 is 1.72 bits per heavy atom. The smallest absolute Gasteiger partial charge is 0.149 e. The van der Waals surface area contributed by atoms with Crippen molar-refractivity contribution in [3.05, 3.63) is 84.3 Å². The minimum atomic E-state index is 0.182. The summed E-state index contributed by atoms with van der Waals surface area (Å²) in [4.78, 5) is 16.9. The molecule has 4 heterocycles. The Morgan fingerprint density at radius 1 is 0.949 bits per heavy atom. The third kappa shape index (κ3) is 4.39. The van der Waals surface area contributed by atoms with E-state index in [1.807, 2.05) is 12.3 Å². The molecule has 39 heavy (non-hydrogen) atoms. The largest absolute Gasteiger partial charge is 0.382 e. The van der Waals surface area contributed by atoms with Crippen LogP contribution in [0.2, 0.25) is 0 Å². The molecule has 7 rings (SSSR count). The molecule has 0 bridgehead atoms. The second kappa shape index (κ2) is 9.81. The summed E-state index contributed by atoms with van der Waals surface area (Å²) in [5, 5.41) is 5.00. The lowest BCUT2D eigenvalue weighted by Crippen LogP contribution is -2.56. The number of hydrogen-bond donors (Lipinski definition) is 2. The number of nitrogens with zero attached hydrogens (tertiary/aromatic N) is 5. The first kappa shape index (κ1) is 24.4. The Bertz CT molecular complexity index is 1460. The predicted molar refractivity (Wildman–Crippen MR) is 158 cm³/mol. The van der Waals surface area contributed by atoms with Crippen molar-refractivity contribution >= 4 is 22.4 Å². The molecule has 0 radical (unpaired) electrons. The topological polar surface area (TPSA) is 73.0 Å². The molecule has 200 valence electrons. The number of aliphatic imine (C=N–C) groups is 1. The van der Waals surface area contributed by atoms with Crippen LogP contribution >= 0.6 is 0 Å². The molecular weight excluding hydrogens is 482 g/mol. The van der Waals surface area contributed by atoms with Gasteiger partial charge in [-0.25, -0.2) is 9.98 Å². The zero-order chi connectivity index (χ0) is 26.5. The summed E-state index contributed by atoms with van der Waals surface area (Å²) in [5.41, 5.74) is 12.7. The van der Waals surface area contributed by atoms with Gasteiger partial charge in [-0.1, -0.05) is 48.5 Å². The highest BCUT2D eigenvalue weighted by Crippen LogP contribution is 2.42. The highest BCUT2D eigenvalue weighted by Gasteiger charge is 2.45. The van der Waals surface area contributed by atoms with Crippen LogP contribution in [0, 0.1) is 5.92 Å². The number of amidine groups is 1. The van der Waals surface area contributed by atoms with Crippen LogP contribution < -0.4 is 11.1 Å². The average molecular weight is 520 g/mol. The predicted octanol–water partition coefficient (Wildman–Crippen LogP) is 4.45. The highest BCUT2D eigenvalue weighted by atomic mass is 15.4. The molecule has 1 saturated carbocycles. The van der Waals surface area contributed by atoms with Crippen LogP contribution in [0.25, 0.3) is 27.9 Å². The standard InChI is InChI=1S/C32H37N7/c1-37-15-12-25(13-16-37)38(2)26-18-24(19-26)32-36-29(30-31(33)34-14-17-39(30)32)23-9-8-22-10-11-27(35-28(22)20-23)21-6-4-3-5-7-21/h3-11,14,17,20,24-26,32,36H,12-13,15-16,18-19H2,1-2H3,(H2,33,34). The molecule has 3 N–H and O–H groups in total. The fraction of sp³-hybridized carbons (Fsp3) is 0.375. The summed E-state index contributed by atoms with van der Waals surface area (Å²) < 4.78 is 0. The van der Waals surface area contributed by atoms with Crippen LogP contribution in [0.15, 0.2) is 83.8 Å². The SMILES string of the molecule is CN1CCC(N(C)C2CC(C3NC(c4ccc5ccc(-c6ccccc6)nc5c4)=C4C(N)=NC=CN43)C2)CC1. The van der Waals surface area contributed by atoms with Crippen LogP contribution in [0.4, 0.5) is 0 Å². The van der Waals surface area contributed by atoms with Crippen LogP contribution in [-0.4, -0.2) is 71.0 Å². The second-order valence-electron chi connectivity index (χ2n) is 11.6. The number of nitrogens with one attached hydrogen (secondary N) is 1. The Labute approximate surface area is 230 Å². The van der Waals surface area contributed by atoms with Crippen LogP contribution in [0.3, 0.4) is 0 Å². The molecular formula is C32H37N7. The first-order valence-corrected chi connectivity index (χ1v) is 14.2. The number of hydrogen-bond acceptors (Lipinski definition) is 7. The van der Waals surface area contributed by atoms with Gasteiger partial charge in [-0.2, -0.15) is 0 Å². The molecule has 1 aliphatic carbocycles. The van der Waals surface area contributed by atoms with Gasteiger partial charge in [0.05, 0.1) is 16.9 Å². The minimum absolute atomic E-state index is 0.182. The normalized spacial score (nSPS) is 25.6. The summed E-state index contributed by atoms with van der Waals surface area (Å²) in [6.07, 6.45) is 9.03. The Morgan fingerprint density at radius 3 is 2.51 bits per heavy atom. The van der Waals surface area contributed by atoms with E-state index in [1.54, 1.807) is 0 Å². The number of fused-ring (bicyclic) bond motifs is 2. The van der Waals surface area contributed by atoms with Crippen molar-refractivity contribution in [2.45, 2.75) is 43.9 Å². The van der Waals surface area contributed by atoms with Crippen molar-refractivity contribution in [2.24, 2.45) is 16.6 Å². The van der Waals surface area contributed by atoms with Gasteiger partial charge in [-0.05, 0) is 65.0 Å². The number of pyridine rings is 1. The van der Waals surface area contributed by atoms with Crippen molar-refractivity contribution in [2.75, 3.05) is 27.2 Å². The maximum absolute atomic E-state index is 6.50. The van der Waals surface area contributed by atoms with Gasteiger partial charge in [0.25, 0.3) is 0 Å². The summed E-state index contributed by atoms with van der Waals surface area (Å²) >= 11 is 0.